The minimum atomic E-state index is 0.419. The highest BCUT2D eigenvalue weighted by atomic mass is 35.5. The molecule has 0 N–H and O–H groups in total. The molecule has 1 heterocycles. The van der Waals surface area contributed by atoms with E-state index in [1.54, 1.807) is 13.3 Å². The number of ether oxygens (including phenoxy) is 2. The molecule has 0 atom stereocenters. The standard InChI is InChI=1S/C11H16ClNO2/c1-8(2)9-6-10(12)11(13-7-9)15-5-4-14-3/h6-8H,4-5H2,1-3H3. The summed E-state index contributed by atoms with van der Waals surface area (Å²) in [5.41, 5.74) is 1.11. The van der Waals surface area contributed by atoms with Gasteiger partial charge in [0.2, 0.25) is 5.88 Å². The first-order valence-corrected chi connectivity index (χ1v) is 5.30. The van der Waals surface area contributed by atoms with E-state index in [-0.39, 0.29) is 0 Å². The molecule has 15 heavy (non-hydrogen) atoms. The number of pyridine rings is 1. The van der Waals surface area contributed by atoms with Gasteiger partial charge in [-0.1, -0.05) is 25.4 Å². The van der Waals surface area contributed by atoms with Crippen LogP contribution in [-0.4, -0.2) is 25.3 Å². The van der Waals surface area contributed by atoms with Gasteiger partial charge in [0, 0.05) is 13.3 Å². The predicted octanol–water partition coefficient (Wildman–Crippen LogP) is 2.88. The van der Waals surface area contributed by atoms with E-state index < -0.39 is 0 Å². The fraction of sp³-hybridized carbons (Fsp3) is 0.545. The molecule has 0 radical (unpaired) electrons. The lowest BCUT2D eigenvalue weighted by Crippen LogP contribution is -2.06. The number of nitrogens with zero attached hydrogens (tertiary/aromatic N) is 1. The van der Waals surface area contributed by atoms with Crippen molar-refractivity contribution in [2.45, 2.75) is 19.8 Å². The molecule has 84 valence electrons. The maximum absolute atomic E-state index is 6.02. The van der Waals surface area contributed by atoms with E-state index in [0.717, 1.165) is 5.56 Å². The third kappa shape index (κ3) is 3.68. The van der Waals surface area contributed by atoms with Crippen molar-refractivity contribution in [3.63, 3.8) is 0 Å². The Bertz CT molecular complexity index is 315. The average Bonchev–Trinajstić information content (AvgIpc) is 2.20. The lowest BCUT2D eigenvalue weighted by Gasteiger charge is -2.09. The fourth-order valence-electron chi connectivity index (χ4n) is 1.08. The number of rotatable bonds is 5. The zero-order valence-electron chi connectivity index (χ0n) is 9.29. The van der Waals surface area contributed by atoms with Crippen molar-refractivity contribution in [2.75, 3.05) is 20.3 Å². The van der Waals surface area contributed by atoms with Crippen molar-refractivity contribution in [3.8, 4) is 5.88 Å². The molecule has 0 unspecified atom stereocenters. The number of aromatic nitrogens is 1. The zero-order valence-corrected chi connectivity index (χ0v) is 10.0. The van der Waals surface area contributed by atoms with Gasteiger partial charge in [-0.05, 0) is 17.5 Å². The molecule has 3 nitrogen and oxygen atoms in total. The van der Waals surface area contributed by atoms with Crippen molar-refractivity contribution < 1.29 is 9.47 Å². The van der Waals surface area contributed by atoms with Crippen molar-refractivity contribution >= 4 is 11.6 Å². The Morgan fingerprint density at radius 3 is 2.67 bits per heavy atom. The second kappa shape index (κ2) is 5.93. The van der Waals surface area contributed by atoms with E-state index in [4.69, 9.17) is 21.1 Å². The second-order valence-electron chi connectivity index (χ2n) is 3.55. The number of methoxy groups -OCH3 is 1. The van der Waals surface area contributed by atoms with Crippen LogP contribution in [0.1, 0.15) is 25.3 Å². The fourth-order valence-corrected chi connectivity index (χ4v) is 1.31. The van der Waals surface area contributed by atoms with Crippen molar-refractivity contribution in [3.05, 3.63) is 22.8 Å². The highest BCUT2D eigenvalue weighted by Crippen LogP contribution is 2.25. The lowest BCUT2D eigenvalue weighted by molar-refractivity contribution is 0.144. The zero-order chi connectivity index (χ0) is 11.3. The van der Waals surface area contributed by atoms with Crippen molar-refractivity contribution in [2.24, 2.45) is 0 Å². The molecule has 0 aliphatic carbocycles. The van der Waals surface area contributed by atoms with Gasteiger partial charge in [-0.3, -0.25) is 0 Å². The van der Waals surface area contributed by atoms with E-state index in [1.807, 2.05) is 6.07 Å². The molecular formula is C11H16ClNO2. The minimum absolute atomic E-state index is 0.419. The van der Waals surface area contributed by atoms with E-state index in [9.17, 15) is 0 Å². The molecule has 0 amide bonds. The normalized spacial score (nSPS) is 10.7. The van der Waals surface area contributed by atoms with Gasteiger partial charge in [0.15, 0.2) is 0 Å². The molecule has 0 fully saturated rings. The summed E-state index contributed by atoms with van der Waals surface area (Å²) in [5, 5.41) is 0.553. The maximum atomic E-state index is 6.02. The van der Waals surface area contributed by atoms with E-state index in [0.29, 0.717) is 30.0 Å². The van der Waals surface area contributed by atoms with Gasteiger partial charge in [-0.15, -0.1) is 0 Å². The second-order valence-corrected chi connectivity index (χ2v) is 3.96. The van der Waals surface area contributed by atoms with Crippen molar-refractivity contribution in [1.29, 1.82) is 0 Å². The van der Waals surface area contributed by atoms with E-state index >= 15 is 0 Å². The van der Waals surface area contributed by atoms with Crippen LogP contribution in [-0.2, 0) is 4.74 Å². The van der Waals surface area contributed by atoms with Gasteiger partial charge < -0.3 is 9.47 Å². The first-order chi connectivity index (χ1) is 7.15. The molecule has 0 bridgehead atoms. The van der Waals surface area contributed by atoms with Gasteiger partial charge in [0.05, 0.1) is 6.61 Å². The van der Waals surface area contributed by atoms with Gasteiger partial charge in [-0.25, -0.2) is 4.98 Å². The summed E-state index contributed by atoms with van der Waals surface area (Å²) < 4.78 is 10.2. The van der Waals surface area contributed by atoms with Gasteiger partial charge >= 0.3 is 0 Å². The van der Waals surface area contributed by atoms with Crippen molar-refractivity contribution in [1.82, 2.24) is 4.98 Å². The summed E-state index contributed by atoms with van der Waals surface area (Å²) in [4.78, 5) is 4.16. The summed E-state index contributed by atoms with van der Waals surface area (Å²) >= 11 is 6.02. The minimum Gasteiger partial charge on any atom is -0.474 e. The number of hydrogen-bond acceptors (Lipinski definition) is 3. The molecule has 1 rings (SSSR count). The Morgan fingerprint density at radius 2 is 2.13 bits per heavy atom. The van der Waals surface area contributed by atoms with Crippen LogP contribution in [0.3, 0.4) is 0 Å². The van der Waals surface area contributed by atoms with Crippen LogP contribution in [0.2, 0.25) is 5.02 Å². The molecule has 1 aromatic heterocycles. The van der Waals surface area contributed by atoms with Crippen LogP contribution in [0, 0.1) is 0 Å². The Balaban J connectivity index is 2.66. The van der Waals surface area contributed by atoms with E-state index in [1.165, 1.54) is 0 Å². The quantitative estimate of drug-likeness (QED) is 0.728. The molecule has 1 aromatic rings. The summed E-state index contributed by atoms with van der Waals surface area (Å²) in [6, 6.07) is 1.89. The first kappa shape index (κ1) is 12.3. The number of hydrogen-bond donors (Lipinski definition) is 0. The highest BCUT2D eigenvalue weighted by Gasteiger charge is 2.06. The largest absolute Gasteiger partial charge is 0.474 e. The van der Waals surface area contributed by atoms with Crippen LogP contribution in [0.25, 0.3) is 0 Å². The smallest absolute Gasteiger partial charge is 0.232 e. The van der Waals surface area contributed by atoms with Crippen LogP contribution in [0.15, 0.2) is 12.3 Å². The summed E-state index contributed by atoms with van der Waals surface area (Å²) in [6.07, 6.45) is 1.79. The molecular weight excluding hydrogens is 214 g/mol. The molecule has 0 aliphatic rings. The Labute approximate surface area is 95.4 Å². The summed E-state index contributed by atoms with van der Waals surface area (Å²) in [5.74, 6) is 0.890. The Kier molecular flexibility index (Phi) is 4.85. The molecule has 0 saturated heterocycles. The van der Waals surface area contributed by atoms with Gasteiger partial charge in [0.25, 0.3) is 0 Å². The maximum Gasteiger partial charge on any atom is 0.232 e. The highest BCUT2D eigenvalue weighted by molar-refractivity contribution is 6.31. The molecule has 0 saturated carbocycles. The van der Waals surface area contributed by atoms with Crippen LogP contribution < -0.4 is 4.74 Å². The predicted molar refractivity (Wildman–Crippen MR) is 60.7 cm³/mol. The lowest BCUT2D eigenvalue weighted by atomic mass is 10.1. The number of halogens is 1. The topological polar surface area (TPSA) is 31.4 Å². The molecule has 0 spiro atoms. The van der Waals surface area contributed by atoms with Gasteiger partial charge in [-0.2, -0.15) is 0 Å². The first-order valence-electron chi connectivity index (χ1n) is 4.92. The van der Waals surface area contributed by atoms with Gasteiger partial charge in [0.1, 0.15) is 11.6 Å². The van der Waals surface area contributed by atoms with Crippen LogP contribution >= 0.6 is 11.6 Å². The van der Waals surface area contributed by atoms with Crippen LogP contribution in [0.4, 0.5) is 0 Å². The summed E-state index contributed by atoms with van der Waals surface area (Å²) in [7, 11) is 1.63. The third-order valence-corrected chi connectivity index (χ3v) is 2.29. The average molecular weight is 230 g/mol. The SMILES string of the molecule is COCCOc1ncc(C(C)C)cc1Cl. The molecule has 4 heteroatoms. The monoisotopic (exact) mass is 229 g/mol. The third-order valence-electron chi connectivity index (χ3n) is 2.02. The molecule has 0 aliphatic heterocycles. The Hall–Kier alpha value is -0.800. The van der Waals surface area contributed by atoms with E-state index in [2.05, 4.69) is 18.8 Å². The molecule has 0 aromatic carbocycles. The Morgan fingerprint density at radius 1 is 1.40 bits per heavy atom. The van der Waals surface area contributed by atoms with Crippen LogP contribution in [0.5, 0.6) is 5.88 Å². The summed E-state index contributed by atoms with van der Waals surface area (Å²) in [6.45, 7) is 5.19.